The molecule has 0 aliphatic carbocycles. The molecule has 32 heavy (non-hydrogen) atoms. The quantitative estimate of drug-likeness (QED) is 0.555. The Hall–Kier alpha value is -3.10. The number of hydrogen-bond acceptors (Lipinski definition) is 5. The summed E-state index contributed by atoms with van der Waals surface area (Å²) >= 11 is 0. The van der Waals surface area contributed by atoms with Gasteiger partial charge in [0, 0.05) is 31.1 Å². The molecular weight excluding hydrogens is 426 g/mol. The average Bonchev–Trinajstić information content (AvgIpc) is 2.75. The molecule has 168 valence electrons. The smallest absolute Gasteiger partial charge is 0.240 e. The van der Waals surface area contributed by atoms with Crippen molar-refractivity contribution in [3.8, 4) is 5.75 Å². The zero-order valence-electron chi connectivity index (χ0n) is 18.4. The zero-order valence-corrected chi connectivity index (χ0v) is 19.2. The summed E-state index contributed by atoms with van der Waals surface area (Å²) in [6.07, 6.45) is 0. The summed E-state index contributed by atoms with van der Waals surface area (Å²) in [7, 11) is -3.75. The lowest BCUT2D eigenvalue weighted by atomic mass is 10.1. The third-order valence-corrected chi connectivity index (χ3v) is 6.82. The highest BCUT2D eigenvalue weighted by atomic mass is 32.2. The normalized spacial score (nSPS) is 15.2. The number of amides is 1. The van der Waals surface area contributed by atoms with Gasteiger partial charge in [-0.1, -0.05) is 36.4 Å². The van der Waals surface area contributed by atoms with Gasteiger partial charge in [0.2, 0.25) is 15.9 Å². The van der Waals surface area contributed by atoms with Crippen molar-refractivity contribution in [1.82, 2.24) is 4.72 Å². The molecule has 1 heterocycles. The second-order valence-corrected chi connectivity index (χ2v) is 10.2. The molecule has 0 aromatic heterocycles. The predicted molar refractivity (Wildman–Crippen MR) is 127 cm³/mol. The molecule has 0 unspecified atom stereocenters. The SMILES string of the molecule is CC(=O)N1CC(C)(C)Oc2ccc(S(=O)(=O)NCCNc3cccc4ccccc34)cc21. The van der Waals surface area contributed by atoms with Gasteiger partial charge in [-0.3, -0.25) is 4.79 Å². The molecule has 1 aliphatic rings. The van der Waals surface area contributed by atoms with Gasteiger partial charge in [0.25, 0.3) is 0 Å². The minimum Gasteiger partial charge on any atom is -0.484 e. The van der Waals surface area contributed by atoms with Crippen LogP contribution >= 0.6 is 0 Å². The van der Waals surface area contributed by atoms with E-state index in [1.807, 2.05) is 56.3 Å². The van der Waals surface area contributed by atoms with Crippen molar-refractivity contribution in [2.24, 2.45) is 0 Å². The molecule has 0 saturated heterocycles. The van der Waals surface area contributed by atoms with Crippen molar-refractivity contribution in [2.45, 2.75) is 31.3 Å². The fraction of sp³-hybridized carbons (Fsp3) is 0.292. The van der Waals surface area contributed by atoms with E-state index in [1.165, 1.54) is 19.1 Å². The van der Waals surface area contributed by atoms with Crippen LogP contribution in [0.1, 0.15) is 20.8 Å². The number of fused-ring (bicyclic) bond motifs is 2. The van der Waals surface area contributed by atoms with Gasteiger partial charge in [-0.2, -0.15) is 0 Å². The van der Waals surface area contributed by atoms with Gasteiger partial charge in [-0.25, -0.2) is 13.1 Å². The predicted octanol–water partition coefficient (Wildman–Crippen LogP) is 3.75. The van der Waals surface area contributed by atoms with E-state index in [0.717, 1.165) is 16.5 Å². The number of ether oxygens (including phenoxy) is 1. The zero-order chi connectivity index (χ0) is 22.9. The van der Waals surface area contributed by atoms with Gasteiger partial charge in [0.1, 0.15) is 11.4 Å². The molecule has 4 rings (SSSR count). The van der Waals surface area contributed by atoms with E-state index in [0.29, 0.717) is 24.5 Å². The summed E-state index contributed by atoms with van der Waals surface area (Å²) in [5, 5.41) is 5.49. The van der Waals surface area contributed by atoms with Crippen LogP contribution in [-0.2, 0) is 14.8 Å². The molecule has 3 aromatic rings. The highest BCUT2D eigenvalue weighted by Gasteiger charge is 2.34. The first-order valence-electron chi connectivity index (χ1n) is 10.5. The molecule has 0 atom stereocenters. The minimum atomic E-state index is -3.75. The Labute approximate surface area is 188 Å². The summed E-state index contributed by atoms with van der Waals surface area (Å²) in [4.78, 5) is 13.8. The van der Waals surface area contributed by atoms with E-state index >= 15 is 0 Å². The maximum absolute atomic E-state index is 12.9. The van der Waals surface area contributed by atoms with Crippen LogP contribution in [0.3, 0.4) is 0 Å². The van der Waals surface area contributed by atoms with Crippen LogP contribution < -0.4 is 19.7 Å². The maximum atomic E-state index is 12.9. The van der Waals surface area contributed by atoms with E-state index in [1.54, 1.807) is 11.0 Å². The number of anilines is 2. The molecule has 1 aliphatic heterocycles. The molecule has 3 aromatic carbocycles. The third-order valence-electron chi connectivity index (χ3n) is 5.36. The Morgan fingerprint density at radius 1 is 1.06 bits per heavy atom. The largest absolute Gasteiger partial charge is 0.484 e. The fourth-order valence-corrected chi connectivity index (χ4v) is 4.94. The van der Waals surface area contributed by atoms with Crippen LogP contribution in [0.5, 0.6) is 5.75 Å². The molecule has 0 saturated carbocycles. The Morgan fingerprint density at radius 3 is 2.59 bits per heavy atom. The van der Waals surface area contributed by atoms with E-state index in [4.69, 9.17) is 4.74 Å². The molecule has 0 bridgehead atoms. The number of rotatable bonds is 6. The van der Waals surface area contributed by atoms with Crippen LogP contribution in [0, 0.1) is 0 Å². The Kier molecular flexibility index (Phi) is 5.83. The Balaban J connectivity index is 1.46. The summed E-state index contributed by atoms with van der Waals surface area (Å²) in [5.41, 5.74) is 0.867. The Bertz CT molecular complexity index is 1270. The van der Waals surface area contributed by atoms with Crippen LogP contribution in [0.4, 0.5) is 11.4 Å². The van der Waals surface area contributed by atoms with Gasteiger partial charge in [0.15, 0.2) is 0 Å². The maximum Gasteiger partial charge on any atom is 0.240 e. The highest BCUT2D eigenvalue weighted by molar-refractivity contribution is 7.89. The molecule has 7 nitrogen and oxygen atoms in total. The van der Waals surface area contributed by atoms with E-state index in [9.17, 15) is 13.2 Å². The van der Waals surface area contributed by atoms with Gasteiger partial charge < -0.3 is 15.0 Å². The molecule has 1 amide bonds. The standard InChI is InChI=1S/C24H27N3O4S/c1-17(28)27-16-24(2,3)31-23-12-11-19(15-22(23)27)32(29,30)26-14-13-25-21-10-6-8-18-7-4-5-9-20(18)21/h4-12,15,25-26H,13-14,16H2,1-3H3. The lowest BCUT2D eigenvalue weighted by Crippen LogP contribution is -2.48. The number of nitrogens with zero attached hydrogens (tertiary/aromatic N) is 1. The van der Waals surface area contributed by atoms with Crippen molar-refractivity contribution < 1.29 is 17.9 Å². The second kappa shape index (κ2) is 8.44. The summed E-state index contributed by atoms with van der Waals surface area (Å²) < 4.78 is 34.3. The molecule has 0 radical (unpaired) electrons. The first-order chi connectivity index (χ1) is 15.2. The highest BCUT2D eigenvalue weighted by Crippen LogP contribution is 2.38. The van der Waals surface area contributed by atoms with Crippen molar-refractivity contribution >= 4 is 38.1 Å². The molecule has 0 spiro atoms. The van der Waals surface area contributed by atoms with Crippen LogP contribution in [0.25, 0.3) is 10.8 Å². The third kappa shape index (κ3) is 4.56. The van der Waals surface area contributed by atoms with Gasteiger partial charge in [-0.15, -0.1) is 0 Å². The number of carbonyl (C=O) groups excluding carboxylic acids is 1. The average molecular weight is 454 g/mol. The van der Waals surface area contributed by atoms with E-state index < -0.39 is 15.6 Å². The van der Waals surface area contributed by atoms with Crippen LogP contribution in [-0.4, -0.2) is 39.6 Å². The van der Waals surface area contributed by atoms with Crippen molar-refractivity contribution in [2.75, 3.05) is 29.9 Å². The molecule has 0 fully saturated rings. The molecule has 8 heteroatoms. The number of nitrogens with one attached hydrogen (secondary N) is 2. The lowest BCUT2D eigenvalue weighted by molar-refractivity contribution is -0.117. The van der Waals surface area contributed by atoms with Crippen molar-refractivity contribution in [1.29, 1.82) is 0 Å². The summed E-state index contributed by atoms with van der Waals surface area (Å²) in [6.45, 7) is 6.23. The fourth-order valence-electron chi connectivity index (χ4n) is 3.88. The van der Waals surface area contributed by atoms with Crippen LogP contribution in [0.15, 0.2) is 65.6 Å². The van der Waals surface area contributed by atoms with Crippen LogP contribution in [0.2, 0.25) is 0 Å². The van der Waals surface area contributed by atoms with Crippen molar-refractivity contribution in [3.05, 3.63) is 60.7 Å². The molecule has 2 N–H and O–H groups in total. The first kappa shape index (κ1) is 22.1. The summed E-state index contributed by atoms with van der Waals surface area (Å²) in [6, 6.07) is 18.6. The lowest BCUT2D eigenvalue weighted by Gasteiger charge is -2.39. The minimum absolute atomic E-state index is 0.0935. The van der Waals surface area contributed by atoms with E-state index in [2.05, 4.69) is 10.0 Å². The molecular formula is C24H27N3O4S. The summed E-state index contributed by atoms with van der Waals surface area (Å²) in [5.74, 6) is 0.331. The van der Waals surface area contributed by atoms with E-state index in [-0.39, 0.29) is 17.3 Å². The topological polar surface area (TPSA) is 87.7 Å². The Morgan fingerprint density at radius 2 is 1.81 bits per heavy atom. The van der Waals surface area contributed by atoms with Gasteiger partial charge >= 0.3 is 0 Å². The second-order valence-electron chi connectivity index (χ2n) is 8.45. The first-order valence-corrected chi connectivity index (χ1v) is 12.0. The van der Waals surface area contributed by atoms with Gasteiger partial charge in [0.05, 0.1) is 17.1 Å². The number of hydrogen-bond donors (Lipinski definition) is 2. The number of carbonyl (C=O) groups is 1. The number of sulfonamides is 1. The van der Waals surface area contributed by atoms with Crippen molar-refractivity contribution in [3.63, 3.8) is 0 Å². The van der Waals surface area contributed by atoms with Gasteiger partial charge in [-0.05, 0) is 43.5 Å². The monoisotopic (exact) mass is 453 g/mol. The number of benzene rings is 3.